The van der Waals surface area contributed by atoms with E-state index in [1.54, 1.807) is 12.0 Å². The molecule has 0 aromatic rings. The molecule has 2 unspecified atom stereocenters. The number of carbonyl (C=O) groups excluding carboxylic acids is 1. The molecule has 1 heterocycles. The summed E-state index contributed by atoms with van der Waals surface area (Å²) in [6.45, 7) is 1.64. The van der Waals surface area contributed by atoms with Gasteiger partial charge in [-0.3, -0.25) is 9.59 Å². The fourth-order valence-corrected chi connectivity index (χ4v) is 2.28. The van der Waals surface area contributed by atoms with E-state index in [0.717, 1.165) is 12.8 Å². The van der Waals surface area contributed by atoms with E-state index >= 15 is 0 Å². The standard InChI is InChI=1S/C12H22N2O4/c1-18-6-4-10(13)12(17)14-5-2-3-9(8-14)7-11(15)16/h9-10H,2-8,13H2,1H3,(H,15,16). The molecule has 0 aromatic heterocycles. The van der Waals surface area contributed by atoms with E-state index in [2.05, 4.69) is 0 Å². The van der Waals surface area contributed by atoms with Gasteiger partial charge in [-0.1, -0.05) is 0 Å². The van der Waals surface area contributed by atoms with Crippen molar-refractivity contribution in [3.05, 3.63) is 0 Å². The van der Waals surface area contributed by atoms with Crippen molar-refractivity contribution in [1.29, 1.82) is 0 Å². The summed E-state index contributed by atoms with van der Waals surface area (Å²) in [5.74, 6) is -0.852. The maximum atomic E-state index is 12.0. The first kappa shape index (κ1) is 14.9. The zero-order chi connectivity index (χ0) is 13.5. The van der Waals surface area contributed by atoms with E-state index < -0.39 is 12.0 Å². The van der Waals surface area contributed by atoms with Gasteiger partial charge in [0.1, 0.15) is 0 Å². The molecule has 2 atom stereocenters. The van der Waals surface area contributed by atoms with Crippen molar-refractivity contribution in [2.75, 3.05) is 26.8 Å². The number of carbonyl (C=O) groups is 2. The van der Waals surface area contributed by atoms with Gasteiger partial charge in [0.2, 0.25) is 5.91 Å². The van der Waals surface area contributed by atoms with Crippen LogP contribution in [0.25, 0.3) is 0 Å². The number of hydrogen-bond donors (Lipinski definition) is 2. The molecule has 1 aliphatic rings. The highest BCUT2D eigenvalue weighted by Crippen LogP contribution is 2.20. The van der Waals surface area contributed by atoms with Gasteiger partial charge in [-0.2, -0.15) is 0 Å². The fraction of sp³-hybridized carbons (Fsp3) is 0.833. The van der Waals surface area contributed by atoms with Crippen LogP contribution in [0.15, 0.2) is 0 Å². The maximum absolute atomic E-state index is 12.0. The number of rotatable bonds is 6. The lowest BCUT2D eigenvalue weighted by atomic mass is 9.94. The molecule has 6 heteroatoms. The lowest BCUT2D eigenvalue weighted by Gasteiger charge is -2.33. The number of likely N-dealkylation sites (tertiary alicyclic amines) is 1. The van der Waals surface area contributed by atoms with Crippen molar-refractivity contribution in [3.8, 4) is 0 Å². The number of hydrogen-bond acceptors (Lipinski definition) is 4. The minimum absolute atomic E-state index is 0.0508. The first-order valence-electron chi connectivity index (χ1n) is 6.29. The predicted octanol–water partition coefficient (Wildman–Crippen LogP) is 0.0635. The summed E-state index contributed by atoms with van der Waals surface area (Å²) >= 11 is 0. The second-order valence-electron chi connectivity index (χ2n) is 4.78. The average Bonchev–Trinajstić information content (AvgIpc) is 2.34. The molecule has 18 heavy (non-hydrogen) atoms. The van der Waals surface area contributed by atoms with Gasteiger partial charge in [0.25, 0.3) is 0 Å². The number of carboxylic acids is 1. The first-order chi connectivity index (χ1) is 8.54. The van der Waals surface area contributed by atoms with Gasteiger partial charge in [0.15, 0.2) is 0 Å². The Morgan fingerprint density at radius 1 is 1.56 bits per heavy atom. The van der Waals surface area contributed by atoms with Crippen LogP contribution in [-0.4, -0.2) is 54.7 Å². The molecule has 3 N–H and O–H groups in total. The zero-order valence-electron chi connectivity index (χ0n) is 10.8. The van der Waals surface area contributed by atoms with Crippen molar-refractivity contribution in [3.63, 3.8) is 0 Å². The van der Waals surface area contributed by atoms with Crippen LogP contribution in [0, 0.1) is 5.92 Å². The van der Waals surface area contributed by atoms with Crippen LogP contribution in [-0.2, 0) is 14.3 Å². The summed E-state index contributed by atoms with van der Waals surface area (Å²) in [6.07, 6.45) is 2.33. The van der Waals surface area contributed by atoms with Crippen molar-refractivity contribution >= 4 is 11.9 Å². The van der Waals surface area contributed by atoms with Crippen LogP contribution in [0.2, 0.25) is 0 Å². The summed E-state index contributed by atoms with van der Waals surface area (Å²) < 4.78 is 4.90. The highest BCUT2D eigenvalue weighted by molar-refractivity contribution is 5.81. The Hall–Kier alpha value is -1.14. The van der Waals surface area contributed by atoms with E-state index in [1.807, 2.05) is 0 Å². The smallest absolute Gasteiger partial charge is 0.303 e. The normalized spacial score (nSPS) is 21.7. The second-order valence-corrected chi connectivity index (χ2v) is 4.78. The van der Waals surface area contributed by atoms with E-state index in [0.29, 0.717) is 26.1 Å². The number of nitrogens with two attached hydrogens (primary N) is 1. The molecule has 0 spiro atoms. The van der Waals surface area contributed by atoms with Gasteiger partial charge >= 0.3 is 5.97 Å². The van der Waals surface area contributed by atoms with Crippen molar-refractivity contribution in [2.45, 2.75) is 31.7 Å². The number of ether oxygens (including phenoxy) is 1. The van der Waals surface area contributed by atoms with Gasteiger partial charge in [-0.25, -0.2) is 0 Å². The quantitative estimate of drug-likeness (QED) is 0.703. The van der Waals surface area contributed by atoms with E-state index in [9.17, 15) is 9.59 Å². The van der Waals surface area contributed by atoms with Gasteiger partial charge in [-0.05, 0) is 25.2 Å². The fourth-order valence-electron chi connectivity index (χ4n) is 2.28. The largest absolute Gasteiger partial charge is 0.481 e. The van der Waals surface area contributed by atoms with E-state index in [4.69, 9.17) is 15.6 Å². The molecule has 0 aromatic carbocycles. The van der Waals surface area contributed by atoms with Gasteiger partial charge in [0, 0.05) is 33.2 Å². The molecule has 0 aliphatic carbocycles. The molecule has 1 fully saturated rings. The molecule has 1 saturated heterocycles. The van der Waals surface area contributed by atoms with Crippen LogP contribution < -0.4 is 5.73 Å². The third-order valence-electron chi connectivity index (χ3n) is 3.24. The lowest BCUT2D eigenvalue weighted by Crippen LogP contribution is -2.48. The maximum Gasteiger partial charge on any atom is 0.303 e. The number of amides is 1. The Morgan fingerprint density at radius 2 is 2.28 bits per heavy atom. The second kappa shape index (κ2) is 7.33. The number of carboxylic acid groups (broad SMARTS) is 1. The Bertz CT molecular complexity index is 296. The number of methoxy groups -OCH3 is 1. The number of piperidine rings is 1. The molecule has 0 bridgehead atoms. The molecular formula is C12H22N2O4. The minimum atomic E-state index is -0.807. The molecule has 0 radical (unpaired) electrons. The molecule has 104 valence electrons. The van der Waals surface area contributed by atoms with Crippen molar-refractivity contribution in [1.82, 2.24) is 4.90 Å². The third-order valence-corrected chi connectivity index (χ3v) is 3.24. The predicted molar refractivity (Wildman–Crippen MR) is 66.0 cm³/mol. The summed E-state index contributed by atoms with van der Waals surface area (Å²) in [7, 11) is 1.57. The average molecular weight is 258 g/mol. The Balaban J connectivity index is 2.44. The monoisotopic (exact) mass is 258 g/mol. The summed E-state index contributed by atoms with van der Waals surface area (Å²) in [5, 5.41) is 8.77. The highest BCUT2D eigenvalue weighted by Gasteiger charge is 2.27. The molecule has 0 saturated carbocycles. The lowest BCUT2D eigenvalue weighted by molar-refractivity contribution is -0.141. The third kappa shape index (κ3) is 4.62. The minimum Gasteiger partial charge on any atom is -0.481 e. The van der Waals surface area contributed by atoms with Crippen LogP contribution in [0.5, 0.6) is 0 Å². The molecular weight excluding hydrogens is 236 g/mol. The Kier molecular flexibility index (Phi) is 6.07. The van der Waals surface area contributed by atoms with Crippen molar-refractivity contribution in [2.24, 2.45) is 11.7 Å². The van der Waals surface area contributed by atoms with Crippen LogP contribution >= 0.6 is 0 Å². The zero-order valence-corrected chi connectivity index (χ0v) is 10.8. The van der Waals surface area contributed by atoms with E-state index in [1.165, 1.54) is 0 Å². The van der Waals surface area contributed by atoms with Gasteiger partial charge in [-0.15, -0.1) is 0 Å². The van der Waals surface area contributed by atoms with Crippen LogP contribution in [0.4, 0.5) is 0 Å². The Morgan fingerprint density at radius 3 is 2.89 bits per heavy atom. The van der Waals surface area contributed by atoms with E-state index in [-0.39, 0.29) is 18.2 Å². The molecule has 6 nitrogen and oxygen atoms in total. The van der Waals surface area contributed by atoms with Crippen LogP contribution in [0.1, 0.15) is 25.7 Å². The molecule has 1 rings (SSSR count). The SMILES string of the molecule is COCCC(N)C(=O)N1CCCC(CC(=O)O)C1. The molecule has 1 amide bonds. The van der Waals surface area contributed by atoms with Gasteiger partial charge in [0.05, 0.1) is 6.04 Å². The number of nitrogens with zero attached hydrogens (tertiary/aromatic N) is 1. The van der Waals surface area contributed by atoms with Crippen LogP contribution in [0.3, 0.4) is 0 Å². The van der Waals surface area contributed by atoms with Crippen molar-refractivity contribution < 1.29 is 19.4 Å². The number of aliphatic carboxylic acids is 1. The Labute approximate surface area is 107 Å². The highest BCUT2D eigenvalue weighted by atomic mass is 16.5. The molecule has 1 aliphatic heterocycles. The first-order valence-corrected chi connectivity index (χ1v) is 6.29. The summed E-state index contributed by atoms with van der Waals surface area (Å²) in [5.41, 5.74) is 5.79. The summed E-state index contributed by atoms with van der Waals surface area (Å²) in [6, 6.07) is -0.548. The topological polar surface area (TPSA) is 92.9 Å². The van der Waals surface area contributed by atoms with Gasteiger partial charge < -0.3 is 20.5 Å². The summed E-state index contributed by atoms with van der Waals surface area (Å²) in [4.78, 5) is 24.4.